The molecule has 2 heterocycles. The highest BCUT2D eigenvalue weighted by atomic mass is 16.6. The van der Waals surface area contributed by atoms with Gasteiger partial charge in [-0.1, -0.05) is 20.8 Å². The van der Waals surface area contributed by atoms with Crippen molar-refractivity contribution in [2.75, 3.05) is 26.3 Å². The van der Waals surface area contributed by atoms with Gasteiger partial charge < -0.3 is 14.8 Å². The second kappa shape index (κ2) is 3.80. The predicted octanol–water partition coefficient (Wildman–Crippen LogP) is 1.04. The molecule has 2 rings (SSSR count). The van der Waals surface area contributed by atoms with Gasteiger partial charge in [-0.2, -0.15) is 0 Å². The Morgan fingerprint density at radius 2 is 2.00 bits per heavy atom. The summed E-state index contributed by atoms with van der Waals surface area (Å²) < 4.78 is 11.6. The third kappa shape index (κ3) is 1.58. The first-order chi connectivity index (χ1) is 6.64. The summed E-state index contributed by atoms with van der Waals surface area (Å²) in [6.45, 7) is 10.3. The van der Waals surface area contributed by atoms with E-state index < -0.39 is 0 Å². The Balaban J connectivity index is 2.15. The molecule has 82 valence electrons. The minimum atomic E-state index is 0.212. The average molecular weight is 199 g/mol. The van der Waals surface area contributed by atoms with Gasteiger partial charge in [-0.25, -0.2) is 0 Å². The van der Waals surface area contributed by atoms with Crippen LogP contribution in [0.2, 0.25) is 0 Å². The van der Waals surface area contributed by atoms with E-state index in [0.29, 0.717) is 5.92 Å². The first-order valence-electron chi connectivity index (χ1n) is 5.58. The topological polar surface area (TPSA) is 30.5 Å². The van der Waals surface area contributed by atoms with Crippen molar-refractivity contribution in [3.8, 4) is 0 Å². The highest BCUT2D eigenvalue weighted by Gasteiger charge is 2.46. The summed E-state index contributed by atoms with van der Waals surface area (Å²) in [4.78, 5) is 0. The predicted molar refractivity (Wildman–Crippen MR) is 55.3 cm³/mol. The highest BCUT2D eigenvalue weighted by molar-refractivity contribution is 4.98. The lowest BCUT2D eigenvalue weighted by atomic mass is 9.70. The van der Waals surface area contributed by atoms with Crippen LogP contribution in [0.15, 0.2) is 0 Å². The first-order valence-corrected chi connectivity index (χ1v) is 5.58. The van der Waals surface area contributed by atoms with Gasteiger partial charge in [0.25, 0.3) is 0 Å². The molecule has 2 aliphatic rings. The normalized spacial score (nSPS) is 43.7. The van der Waals surface area contributed by atoms with Crippen molar-refractivity contribution < 1.29 is 9.47 Å². The lowest BCUT2D eigenvalue weighted by molar-refractivity contribution is -0.201. The lowest BCUT2D eigenvalue weighted by Gasteiger charge is -2.50. The Morgan fingerprint density at radius 3 is 2.71 bits per heavy atom. The molecule has 0 aliphatic carbocycles. The summed E-state index contributed by atoms with van der Waals surface area (Å²) in [5, 5.41) is 3.45. The van der Waals surface area contributed by atoms with Crippen molar-refractivity contribution in [2.24, 2.45) is 11.3 Å². The monoisotopic (exact) mass is 199 g/mol. The molecule has 1 N–H and O–H groups in total. The van der Waals surface area contributed by atoms with Crippen LogP contribution in [0, 0.1) is 11.3 Å². The van der Waals surface area contributed by atoms with Crippen LogP contribution < -0.4 is 5.32 Å². The quantitative estimate of drug-likeness (QED) is 0.684. The van der Waals surface area contributed by atoms with Crippen molar-refractivity contribution in [1.29, 1.82) is 0 Å². The van der Waals surface area contributed by atoms with E-state index in [-0.39, 0.29) is 17.6 Å². The van der Waals surface area contributed by atoms with Gasteiger partial charge in [0, 0.05) is 18.5 Å². The molecule has 0 amide bonds. The van der Waals surface area contributed by atoms with Crippen LogP contribution in [-0.4, -0.2) is 38.5 Å². The van der Waals surface area contributed by atoms with Gasteiger partial charge in [0.1, 0.15) is 0 Å². The van der Waals surface area contributed by atoms with E-state index in [0.717, 1.165) is 26.3 Å². The van der Waals surface area contributed by atoms with Gasteiger partial charge in [-0.3, -0.25) is 0 Å². The zero-order valence-electron chi connectivity index (χ0n) is 9.38. The SMILES string of the molecule is CC(C)C1(C)CNC[C@@H]2OCCO[C@@H]21. The molecular formula is C11H21NO2. The van der Waals surface area contributed by atoms with Crippen molar-refractivity contribution in [1.82, 2.24) is 5.32 Å². The number of rotatable bonds is 1. The Morgan fingerprint density at radius 1 is 1.29 bits per heavy atom. The number of piperidine rings is 1. The second-order valence-corrected chi connectivity index (χ2v) is 4.99. The molecule has 0 aromatic carbocycles. The third-order valence-electron chi connectivity index (χ3n) is 3.87. The highest BCUT2D eigenvalue weighted by Crippen LogP contribution is 2.38. The van der Waals surface area contributed by atoms with E-state index in [1.807, 2.05) is 0 Å². The van der Waals surface area contributed by atoms with Gasteiger partial charge in [0.15, 0.2) is 0 Å². The van der Waals surface area contributed by atoms with E-state index in [1.54, 1.807) is 0 Å². The molecule has 0 radical (unpaired) electrons. The standard InChI is InChI=1S/C11H21NO2/c1-8(2)11(3)7-12-6-9-10(11)14-5-4-13-9/h8-10,12H,4-7H2,1-3H3/t9-,10-,11?/m0/s1. The molecule has 0 saturated carbocycles. The minimum Gasteiger partial charge on any atom is -0.372 e. The van der Waals surface area contributed by atoms with E-state index in [1.165, 1.54) is 0 Å². The van der Waals surface area contributed by atoms with Gasteiger partial charge in [-0.05, 0) is 5.92 Å². The summed E-state index contributed by atoms with van der Waals surface area (Å²) in [6, 6.07) is 0. The van der Waals surface area contributed by atoms with Crippen LogP contribution in [0.4, 0.5) is 0 Å². The average Bonchev–Trinajstić information content (AvgIpc) is 2.18. The molecule has 2 fully saturated rings. The fraction of sp³-hybridized carbons (Fsp3) is 1.00. The van der Waals surface area contributed by atoms with Crippen LogP contribution in [0.3, 0.4) is 0 Å². The molecule has 1 unspecified atom stereocenters. The molecule has 0 spiro atoms. The minimum absolute atomic E-state index is 0.212. The van der Waals surface area contributed by atoms with Gasteiger partial charge in [0.05, 0.1) is 25.4 Å². The van der Waals surface area contributed by atoms with Gasteiger partial charge >= 0.3 is 0 Å². The maximum Gasteiger partial charge on any atom is 0.0967 e. The Hall–Kier alpha value is -0.120. The molecule has 2 aliphatic heterocycles. The maximum atomic E-state index is 5.89. The lowest BCUT2D eigenvalue weighted by Crippen LogP contribution is -2.62. The van der Waals surface area contributed by atoms with Crippen LogP contribution >= 0.6 is 0 Å². The van der Waals surface area contributed by atoms with E-state index in [4.69, 9.17) is 9.47 Å². The number of nitrogens with one attached hydrogen (secondary N) is 1. The Bertz CT molecular complexity index is 205. The first kappa shape index (κ1) is 10.4. The third-order valence-corrected chi connectivity index (χ3v) is 3.87. The number of hydrogen-bond acceptors (Lipinski definition) is 3. The summed E-state index contributed by atoms with van der Waals surface area (Å²) in [7, 11) is 0. The summed E-state index contributed by atoms with van der Waals surface area (Å²) in [5.41, 5.74) is 0.212. The summed E-state index contributed by atoms with van der Waals surface area (Å²) >= 11 is 0. The van der Waals surface area contributed by atoms with Crippen LogP contribution in [0.25, 0.3) is 0 Å². The molecule has 2 saturated heterocycles. The smallest absolute Gasteiger partial charge is 0.0967 e. The molecule has 3 heteroatoms. The zero-order chi connectivity index (χ0) is 10.2. The van der Waals surface area contributed by atoms with Crippen molar-refractivity contribution in [3.05, 3.63) is 0 Å². The van der Waals surface area contributed by atoms with Gasteiger partial charge in [-0.15, -0.1) is 0 Å². The summed E-state index contributed by atoms with van der Waals surface area (Å²) in [5.74, 6) is 0.615. The number of ether oxygens (including phenoxy) is 2. The molecule has 3 atom stereocenters. The van der Waals surface area contributed by atoms with Crippen LogP contribution in [0.5, 0.6) is 0 Å². The van der Waals surface area contributed by atoms with Crippen LogP contribution in [0.1, 0.15) is 20.8 Å². The maximum absolute atomic E-state index is 5.89. The largest absolute Gasteiger partial charge is 0.372 e. The molecule has 3 nitrogen and oxygen atoms in total. The number of fused-ring (bicyclic) bond motifs is 1. The Labute approximate surface area is 86.2 Å². The Kier molecular flexibility index (Phi) is 2.82. The van der Waals surface area contributed by atoms with E-state index in [2.05, 4.69) is 26.1 Å². The molecular weight excluding hydrogens is 178 g/mol. The fourth-order valence-corrected chi connectivity index (χ4v) is 2.47. The second-order valence-electron chi connectivity index (χ2n) is 4.99. The van der Waals surface area contributed by atoms with Crippen molar-refractivity contribution >= 4 is 0 Å². The van der Waals surface area contributed by atoms with Crippen molar-refractivity contribution in [3.63, 3.8) is 0 Å². The van der Waals surface area contributed by atoms with E-state index >= 15 is 0 Å². The van der Waals surface area contributed by atoms with Crippen molar-refractivity contribution in [2.45, 2.75) is 33.0 Å². The van der Waals surface area contributed by atoms with Crippen LogP contribution in [-0.2, 0) is 9.47 Å². The molecule has 0 aromatic rings. The zero-order valence-corrected chi connectivity index (χ0v) is 9.38. The summed E-state index contributed by atoms with van der Waals surface area (Å²) in [6.07, 6.45) is 0.530. The fourth-order valence-electron chi connectivity index (χ4n) is 2.47. The van der Waals surface area contributed by atoms with E-state index in [9.17, 15) is 0 Å². The number of hydrogen-bond donors (Lipinski definition) is 1. The molecule has 14 heavy (non-hydrogen) atoms. The molecule has 0 aromatic heterocycles. The molecule has 0 bridgehead atoms. The van der Waals surface area contributed by atoms with Gasteiger partial charge in [0.2, 0.25) is 0 Å².